The minimum Gasteiger partial charge on any atom is -0.478 e. The second kappa shape index (κ2) is 39.0. The molecule has 0 aliphatic heterocycles. The number of rotatable bonds is 39. The van der Waals surface area contributed by atoms with Crippen molar-refractivity contribution in [3.8, 4) is 34.8 Å². The molecule has 0 aromatic heterocycles. The van der Waals surface area contributed by atoms with Gasteiger partial charge in [0.25, 0.3) is 0 Å². The average Bonchev–Trinajstić information content (AvgIpc) is 3.27. The Labute approximate surface area is 379 Å². The summed E-state index contributed by atoms with van der Waals surface area (Å²) in [5, 5.41) is 19.7. The lowest BCUT2D eigenvalue weighted by molar-refractivity contribution is 0.0685. The molecule has 0 atom stereocenters. The minimum absolute atomic E-state index is 0.114. The second-order valence-electron chi connectivity index (χ2n) is 17.4. The van der Waals surface area contributed by atoms with Crippen LogP contribution in [-0.4, -0.2) is 48.6 Å². The largest absolute Gasteiger partial charge is 0.478 e. The van der Waals surface area contributed by atoms with Gasteiger partial charge >= 0.3 is 11.9 Å². The van der Waals surface area contributed by atoms with Gasteiger partial charge in [-0.1, -0.05) is 242 Å². The fourth-order valence-corrected chi connectivity index (χ4v) is 8.04. The molecular formula is C56H86O6. The lowest BCUT2D eigenvalue weighted by Gasteiger charge is -2.08. The summed E-state index contributed by atoms with van der Waals surface area (Å²) in [7, 11) is 0. The first-order valence-corrected chi connectivity index (χ1v) is 25.4. The van der Waals surface area contributed by atoms with Gasteiger partial charge in [0, 0.05) is 24.3 Å². The second-order valence-corrected chi connectivity index (χ2v) is 17.4. The van der Waals surface area contributed by atoms with E-state index in [0.717, 1.165) is 36.8 Å². The van der Waals surface area contributed by atoms with Crippen molar-refractivity contribution >= 4 is 11.9 Å². The average molecular weight is 855 g/mol. The van der Waals surface area contributed by atoms with Gasteiger partial charge in [-0.2, -0.15) is 0 Å². The first kappa shape index (κ1) is 54.6. The number of hydrogen-bond donors (Lipinski definition) is 2. The molecule has 2 rings (SSSR count). The van der Waals surface area contributed by atoms with E-state index in [2.05, 4.69) is 37.5 Å². The Morgan fingerprint density at radius 2 is 0.661 bits per heavy atom. The molecule has 0 heterocycles. The third kappa shape index (κ3) is 28.2. The highest BCUT2D eigenvalue weighted by molar-refractivity contribution is 5.93. The lowest BCUT2D eigenvalue weighted by atomic mass is 9.96. The maximum Gasteiger partial charge on any atom is 0.336 e. The maximum atomic E-state index is 12.0. The fourth-order valence-electron chi connectivity index (χ4n) is 8.04. The smallest absolute Gasteiger partial charge is 0.336 e. The number of hydrogen-bond acceptors (Lipinski definition) is 4. The molecule has 0 amide bonds. The van der Waals surface area contributed by atoms with Crippen LogP contribution in [0.1, 0.15) is 251 Å². The zero-order chi connectivity index (χ0) is 44.6. The molecule has 0 spiro atoms. The number of unbranched alkanes of at least 4 members (excludes halogenated alkanes) is 30. The highest BCUT2D eigenvalue weighted by Gasteiger charge is 2.13. The van der Waals surface area contributed by atoms with E-state index in [4.69, 9.17) is 9.47 Å². The van der Waals surface area contributed by atoms with Crippen LogP contribution in [0.2, 0.25) is 0 Å². The Hall–Kier alpha value is -3.58. The van der Waals surface area contributed by atoms with Gasteiger partial charge in [0.2, 0.25) is 0 Å². The number of benzene rings is 2. The number of carboxylic acids is 2. The summed E-state index contributed by atoms with van der Waals surface area (Å²) in [6.45, 7) is 6.30. The van der Waals surface area contributed by atoms with Crippen molar-refractivity contribution in [1.82, 2.24) is 0 Å². The van der Waals surface area contributed by atoms with Gasteiger partial charge in [-0.15, -0.1) is 0 Å². The van der Waals surface area contributed by atoms with Crippen LogP contribution in [-0.2, 0) is 9.47 Å². The first-order valence-electron chi connectivity index (χ1n) is 25.4. The molecule has 0 saturated heterocycles. The Kier molecular flexibility index (Phi) is 34.4. The van der Waals surface area contributed by atoms with Crippen LogP contribution >= 0.6 is 0 Å². The van der Waals surface area contributed by atoms with Gasteiger partial charge in [0.15, 0.2) is 0 Å². The van der Waals surface area contributed by atoms with E-state index in [-0.39, 0.29) is 24.3 Å². The van der Waals surface area contributed by atoms with Gasteiger partial charge in [0.1, 0.15) is 13.2 Å². The molecule has 2 N–H and O–H groups in total. The van der Waals surface area contributed by atoms with E-state index in [0.29, 0.717) is 24.3 Å². The van der Waals surface area contributed by atoms with Crippen molar-refractivity contribution in [3.63, 3.8) is 0 Å². The topological polar surface area (TPSA) is 93.1 Å². The lowest BCUT2D eigenvalue weighted by Crippen LogP contribution is -2.02. The summed E-state index contributed by atoms with van der Waals surface area (Å²) in [5.74, 6) is 9.89. The summed E-state index contributed by atoms with van der Waals surface area (Å²) in [5.41, 5.74) is 2.46. The Morgan fingerprint density at radius 1 is 0.403 bits per heavy atom. The van der Waals surface area contributed by atoms with Crippen LogP contribution in [0.15, 0.2) is 36.4 Å². The molecule has 2 aromatic carbocycles. The third-order valence-electron chi connectivity index (χ3n) is 11.9. The molecule has 6 nitrogen and oxygen atoms in total. The Morgan fingerprint density at radius 3 is 0.919 bits per heavy atom. The van der Waals surface area contributed by atoms with Gasteiger partial charge in [-0.25, -0.2) is 9.59 Å². The molecule has 6 heteroatoms. The third-order valence-corrected chi connectivity index (χ3v) is 11.9. The van der Waals surface area contributed by atoms with Gasteiger partial charge < -0.3 is 19.7 Å². The van der Waals surface area contributed by atoms with Crippen LogP contribution in [0.4, 0.5) is 0 Å². The normalized spacial score (nSPS) is 10.9. The van der Waals surface area contributed by atoms with Crippen LogP contribution < -0.4 is 0 Å². The minimum atomic E-state index is -1.05. The predicted molar refractivity (Wildman–Crippen MR) is 260 cm³/mol. The molecule has 0 fully saturated rings. The molecule has 0 aliphatic carbocycles. The van der Waals surface area contributed by atoms with Crippen LogP contribution in [0, 0.1) is 23.7 Å². The molecule has 0 radical (unpaired) electrons. The summed E-state index contributed by atoms with van der Waals surface area (Å²) in [6.07, 6.45) is 42.5. The zero-order valence-corrected chi connectivity index (χ0v) is 39.4. The van der Waals surface area contributed by atoms with E-state index in [1.54, 1.807) is 36.4 Å². The van der Waals surface area contributed by atoms with Crippen LogP contribution in [0.3, 0.4) is 0 Å². The number of aromatic carboxylic acids is 2. The fraction of sp³-hybridized carbons (Fsp3) is 0.679. The number of carboxylic acid groups (broad SMARTS) is 2. The van der Waals surface area contributed by atoms with Gasteiger partial charge in [0.05, 0.1) is 11.1 Å². The van der Waals surface area contributed by atoms with Crippen molar-refractivity contribution in [2.24, 2.45) is 0 Å². The zero-order valence-electron chi connectivity index (χ0n) is 39.4. The van der Waals surface area contributed by atoms with E-state index in [1.165, 1.54) is 180 Å². The highest BCUT2D eigenvalue weighted by Crippen LogP contribution is 2.25. The van der Waals surface area contributed by atoms with Crippen molar-refractivity contribution in [2.75, 3.05) is 26.4 Å². The Bertz CT molecular complexity index is 1450. The van der Waals surface area contributed by atoms with Crippen molar-refractivity contribution in [3.05, 3.63) is 58.7 Å². The molecule has 2 aromatic rings. The van der Waals surface area contributed by atoms with Crippen molar-refractivity contribution < 1.29 is 29.3 Å². The van der Waals surface area contributed by atoms with Gasteiger partial charge in [-0.3, -0.25) is 0 Å². The predicted octanol–water partition coefficient (Wildman–Crippen LogP) is 16.0. The molecular weight excluding hydrogens is 769 g/mol. The van der Waals surface area contributed by atoms with Crippen LogP contribution in [0.25, 0.3) is 11.1 Å². The first-order chi connectivity index (χ1) is 30.5. The highest BCUT2D eigenvalue weighted by atomic mass is 16.5. The Balaban J connectivity index is 1.67. The molecule has 0 aliphatic rings. The monoisotopic (exact) mass is 855 g/mol. The van der Waals surface area contributed by atoms with E-state index in [9.17, 15) is 19.8 Å². The quantitative estimate of drug-likeness (QED) is 0.0514. The molecule has 0 saturated carbocycles. The van der Waals surface area contributed by atoms with Gasteiger partial charge in [-0.05, 0) is 48.2 Å². The van der Waals surface area contributed by atoms with E-state index < -0.39 is 11.9 Å². The number of carbonyl (C=O) groups is 2. The number of ether oxygens (including phenoxy) is 2. The summed E-state index contributed by atoms with van der Waals surface area (Å²) in [6, 6.07) is 10.00. The maximum absolute atomic E-state index is 12.0. The van der Waals surface area contributed by atoms with Crippen LogP contribution in [0.5, 0.6) is 0 Å². The molecule has 346 valence electrons. The SMILES string of the molecule is CCCCCCCCCCCCCCCCCCOCC#Cc1cc(-c2ccc(C(=O)O)c(C#CCOCCCCCCCCCCCCCCCCCC)c2)ccc1C(=O)O. The van der Waals surface area contributed by atoms with Crippen molar-refractivity contribution in [1.29, 1.82) is 0 Å². The van der Waals surface area contributed by atoms with E-state index in [1.807, 2.05) is 0 Å². The molecule has 62 heavy (non-hydrogen) atoms. The molecule has 0 unspecified atom stereocenters. The van der Waals surface area contributed by atoms with E-state index >= 15 is 0 Å². The van der Waals surface area contributed by atoms with Crippen molar-refractivity contribution in [2.45, 2.75) is 219 Å². The summed E-state index contributed by atoms with van der Waals surface area (Å²) in [4.78, 5) is 24.0. The molecule has 0 bridgehead atoms. The summed E-state index contributed by atoms with van der Waals surface area (Å²) >= 11 is 0. The standard InChI is InChI=1S/C56H86O6/c1-3-5-7-9-11-13-15-17-19-21-23-25-27-29-31-33-43-61-45-35-37-51-47-49(39-41-53(51)55(57)58)50-40-42-54(56(59)60)52(48-50)38-36-46-62-44-34-32-30-28-26-24-22-20-18-16-14-12-10-8-6-4-2/h39-42,47-48H,3-34,43-46H2,1-2H3,(H,57,58)(H,59,60). The summed E-state index contributed by atoms with van der Waals surface area (Å²) < 4.78 is 11.5.